The fraction of sp³-hybridized carbons (Fsp3) is 0.350. The predicted molar refractivity (Wildman–Crippen MR) is 108 cm³/mol. The molecule has 0 aliphatic carbocycles. The molecule has 1 N–H and O–H groups in total. The summed E-state index contributed by atoms with van der Waals surface area (Å²) < 4.78 is 35.8. The summed E-state index contributed by atoms with van der Waals surface area (Å²) >= 11 is 0. The minimum atomic E-state index is -3.36. The van der Waals surface area contributed by atoms with Gasteiger partial charge in [-0.2, -0.15) is 0 Å². The molecule has 1 heterocycles. The number of hydrogen-bond acceptors (Lipinski definition) is 5. The second kappa shape index (κ2) is 7.71. The highest BCUT2D eigenvalue weighted by Crippen LogP contribution is 2.32. The van der Waals surface area contributed by atoms with Gasteiger partial charge < -0.3 is 14.8 Å². The summed E-state index contributed by atoms with van der Waals surface area (Å²) in [5.41, 5.74) is 2.61. The van der Waals surface area contributed by atoms with Gasteiger partial charge in [-0.3, -0.25) is 9.10 Å². The number of anilines is 1. The summed E-state index contributed by atoms with van der Waals surface area (Å²) in [6.07, 6.45) is 1.14. The smallest absolute Gasteiger partial charge is 0.251 e. The van der Waals surface area contributed by atoms with Crippen LogP contribution in [0.2, 0.25) is 0 Å². The van der Waals surface area contributed by atoms with E-state index < -0.39 is 10.0 Å². The summed E-state index contributed by atoms with van der Waals surface area (Å²) in [6, 6.07) is 10.3. The maximum atomic E-state index is 12.6. The van der Waals surface area contributed by atoms with Crippen LogP contribution in [0.1, 0.15) is 34.5 Å². The van der Waals surface area contributed by atoms with Crippen molar-refractivity contribution in [2.75, 3.05) is 30.8 Å². The van der Waals surface area contributed by atoms with E-state index in [0.717, 1.165) is 11.8 Å². The van der Waals surface area contributed by atoms with Gasteiger partial charge in [0, 0.05) is 12.6 Å². The van der Waals surface area contributed by atoms with Crippen LogP contribution in [0.4, 0.5) is 5.69 Å². The first-order valence-corrected chi connectivity index (χ1v) is 10.8. The highest BCUT2D eigenvalue weighted by atomic mass is 32.2. The number of rotatable bonds is 5. The van der Waals surface area contributed by atoms with E-state index in [0.29, 0.717) is 41.5 Å². The van der Waals surface area contributed by atoms with Crippen LogP contribution in [-0.4, -0.2) is 40.8 Å². The fourth-order valence-electron chi connectivity index (χ4n) is 3.02. The molecule has 3 rings (SSSR count). The van der Waals surface area contributed by atoms with Gasteiger partial charge in [0.05, 0.1) is 18.0 Å². The molecule has 0 saturated carbocycles. The molecule has 2 aromatic rings. The summed E-state index contributed by atoms with van der Waals surface area (Å²) in [5.74, 6) is 1.14. The van der Waals surface area contributed by atoms with E-state index in [1.54, 1.807) is 25.1 Å². The van der Waals surface area contributed by atoms with Crippen molar-refractivity contribution in [3.63, 3.8) is 0 Å². The maximum Gasteiger partial charge on any atom is 0.251 e. The molecule has 1 aliphatic heterocycles. The summed E-state index contributed by atoms with van der Waals surface area (Å²) in [7, 11) is -1.88. The topological polar surface area (TPSA) is 84.9 Å². The quantitative estimate of drug-likeness (QED) is 0.828. The first kappa shape index (κ1) is 20.0. The summed E-state index contributed by atoms with van der Waals surface area (Å²) in [5, 5.41) is 2.96. The first-order chi connectivity index (χ1) is 13.2. The van der Waals surface area contributed by atoms with Gasteiger partial charge in [-0.05, 0) is 55.3 Å². The molecular weight excluding hydrogens is 380 g/mol. The van der Waals surface area contributed by atoms with Gasteiger partial charge in [0.2, 0.25) is 10.0 Å². The van der Waals surface area contributed by atoms with Crippen LogP contribution in [0, 0.1) is 6.92 Å². The molecule has 0 radical (unpaired) electrons. The first-order valence-electron chi connectivity index (χ1n) is 8.92. The predicted octanol–water partition coefficient (Wildman–Crippen LogP) is 2.65. The highest BCUT2D eigenvalue weighted by molar-refractivity contribution is 7.92. The van der Waals surface area contributed by atoms with E-state index in [2.05, 4.69) is 5.32 Å². The number of ether oxygens (including phenoxy) is 2. The number of carbonyl (C=O) groups is 1. The zero-order chi connectivity index (χ0) is 20.5. The lowest BCUT2D eigenvalue weighted by Gasteiger charge is -2.21. The van der Waals surface area contributed by atoms with Crippen molar-refractivity contribution in [1.82, 2.24) is 5.32 Å². The molecule has 2 aromatic carbocycles. The third kappa shape index (κ3) is 4.22. The van der Waals surface area contributed by atoms with Crippen molar-refractivity contribution in [2.45, 2.75) is 19.9 Å². The molecule has 1 amide bonds. The lowest BCUT2D eigenvalue weighted by Crippen LogP contribution is -2.28. The van der Waals surface area contributed by atoms with Crippen LogP contribution < -0.4 is 19.1 Å². The number of amides is 1. The Morgan fingerprint density at radius 3 is 2.43 bits per heavy atom. The number of carbonyl (C=O) groups excluding carboxylic acids is 1. The van der Waals surface area contributed by atoms with Crippen LogP contribution in [0.3, 0.4) is 0 Å². The van der Waals surface area contributed by atoms with Gasteiger partial charge in [-0.15, -0.1) is 0 Å². The average molecular weight is 404 g/mol. The third-order valence-electron chi connectivity index (χ3n) is 4.71. The van der Waals surface area contributed by atoms with Crippen molar-refractivity contribution in [1.29, 1.82) is 0 Å². The van der Waals surface area contributed by atoms with Crippen molar-refractivity contribution >= 4 is 21.6 Å². The molecule has 0 fully saturated rings. The molecule has 150 valence electrons. The number of hydrogen-bond donors (Lipinski definition) is 1. The van der Waals surface area contributed by atoms with Crippen LogP contribution in [-0.2, 0) is 10.0 Å². The molecule has 0 spiro atoms. The number of nitrogens with one attached hydrogen (secondary N) is 1. The third-order valence-corrected chi connectivity index (χ3v) is 5.90. The maximum absolute atomic E-state index is 12.6. The number of sulfonamides is 1. The van der Waals surface area contributed by atoms with E-state index in [9.17, 15) is 13.2 Å². The molecule has 7 nitrogen and oxygen atoms in total. The van der Waals surface area contributed by atoms with Crippen LogP contribution in [0.25, 0.3) is 0 Å². The van der Waals surface area contributed by atoms with Gasteiger partial charge >= 0.3 is 0 Å². The summed E-state index contributed by atoms with van der Waals surface area (Å²) in [4.78, 5) is 12.6. The molecule has 8 heteroatoms. The number of fused-ring (bicyclic) bond motifs is 1. The van der Waals surface area contributed by atoms with Gasteiger partial charge in [0.25, 0.3) is 5.91 Å². The molecule has 0 bridgehead atoms. The largest absolute Gasteiger partial charge is 0.486 e. The Kier molecular flexibility index (Phi) is 5.51. The van der Waals surface area contributed by atoms with Gasteiger partial charge in [0.15, 0.2) is 11.5 Å². The molecule has 0 saturated heterocycles. The number of nitrogens with zero attached hydrogens (tertiary/aromatic N) is 1. The lowest BCUT2D eigenvalue weighted by atomic mass is 10.1. The average Bonchev–Trinajstić information content (AvgIpc) is 2.66. The Labute approximate surface area is 165 Å². The minimum absolute atomic E-state index is 0.234. The Morgan fingerprint density at radius 1 is 1.11 bits per heavy atom. The molecular formula is C20H24N2O5S. The molecule has 1 atom stereocenters. The normalized spacial score (nSPS) is 14.3. The molecule has 0 aromatic heterocycles. The van der Waals surface area contributed by atoms with Gasteiger partial charge in [-0.1, -0.05) is 6.07 Å². The van der Waals surface area contributed by atoms with Crippen molar-refractivity contribution in [2.24, 2.45) is 0 Å². The molecule has 28 heavy (non-hydrogen) atoms. The van der Waals surface area contributed by atoms with Crippen molar-refractivity contribution < 1.29 is 22.7 Å². The number of aryl methyl sites for hydroxylation is 1. The molecule has 1 aliphatic rings. The van der Waals surface area contributed by atoms with E-state index >= 15 is 0 Å². The zero-order valence-corrected chi connectivity index (χ0v) is 17.2. The van der Waals surface area contributed by atoms with E-state index in [-0.39, 0.29) is 11.9 Å². The number of benzene rings is 2. The van der Waals surface area contributed by atoms with Gasteiger partial charge in [-0.25, -0.2) is 8.42 Å². The van der Waals surface area contributed by atoms with Gasteiger partial charge in [0.1, 0.15) is 13.2 Å². The summed E-state index contributed by atoms with van der Waals surface area (Å²) in [6.45, 7) is 4.70. The fourth-order valence-corrected chi connectivity index (χ4v) is 3.58. The van der Waals surface area contributed by atoms with Crippen molar-refractivity contribution in [3.05, 3.63) is 53.1 Å². The second-order valence-electron chi connectivity index (χ2n) is 6.83. The van der Waals surface area contributed by atoms with E-state index in [1.165, 1.54) is 11.4 Å². The Hall–Kier alpha value is -2.74. The Morgan fingerprint density at radius 2 is 1.79 bits per heavy atom. The lowest BCUT2D eigenvalue weighted by molar-refractivity contribution is 0.0939. The molecule has 0 unspecified atom stereocenters. The Balaban J connectivity index is 1.75. The van der Waals surface area contributed by atoms with Crippen molar-refractivity contribution in [3.8, 4) is 11.5 Å². The van der Waals surface area contributed by atoms with Crippen LogP contribution in [0.15, 0.2) is 36.4 Å². The van der Waals surface area contributed by atoms with E-state index in [1.807, 2.05) is 25.1 Å². The zero-order valence-electron chi connectivity index (χ0n) is 16.4. The van der Waals surface area contributed by atoms with Crippen LogP contribution >= 0.6 is 0 Å². The SMILES string of the molecule is Cc1cc(C(=O)N[C@H](C)c2ccc3c(c2)OCCO3)ccc1N(C)S(C)(=O)=O. The van der Waals surface area contributed by atoms with E-state index in [4.69, 9.17) is 9.47 Å². The monoisotopic (exact) mass is 404 g/mol. The highest BCUT2D eigenvalue weighted by Gasteiger charge is 2.18. The second-order valence-corrected chi connectivity index (χ2v) is 8.84. The Bertz CT molecular complexity index is 1000. The van der Waals surface area contributed by atoms with Crippen LogP contribution in [0.5, 0.6) is 11.5 Å². The standard InChI is InChI=1S/C20H24N2O5S/c1-13-11-16(5-7-17(13)22(3)28(4,24)25)20(23)21-14(2)15-6-8-18-19(12-15)27-10-9-26-18/h5-8,11-12,14H,9-10H2,1-4H3,(H,21,23)/t14-/m1/s1. The minimum Gasteiger partial charge on any atom is -0.486 e.